The molecule has 0 aliphatic heterocycles. The van der Waals surface area contributed by atoms with Crippen LogP contribution in [-0.4, -0.2) is 9.38 Å². The molecular formula is C15H10ClN3. The van der Waals surface area contributed by atoms with Gasteiger partial charge in [-0.1, -0.05) is 48.0 Å². The first kappa shape index (κ1) is 11.8. The highest BCUT2D eigenvalue weighted by Crippen LogP contribution is 2.27. The summed E-state index contributed by atoms with van der Waals surface area (Å²) in [7, 11) is 0. The number of halogens is 1. The zero-order valence-electron chi connectivity index (χ0n) is 10.0. The number of rotatable bonds is 2. The fourth-order valence-corrected chi connectivity index (χ4v) is 2.44. The number of benzene rings is 1. The van der Waals surface area contributed by atoms with E-state index in [1.807, 2.05) is 46.9 Å². The predicted molar refractivity (Wildman–Crippen MR) is 75.0 cm³/mol. The fourth-order valence-electron chi connectivity index (χ4n) is 2.18. The lowest BCUT2D eigenvalue weighted by Gasteiger charge is -2.02. The van der Waals surface area contributed by atoms with Crippen molar-refractivity contribution in [1.82, 2.24) is 9.38 Å². The molecule has 3 nitrogen and oxygen atoms in total. The third-order valence-corrected chi connectivity index (χ3v) is 3.28. The van der Waals surface area contributed by atoms with E-state index >= 15 is 0 Å². The highest BCUT2D eigenvalue weighted by Gasteiger charge is 2.14. The Balaban J connectivity index is 2.34. The standard InChI is InChI=1S/C15H10ClN3/c16-13-7-4-8-14-18-15(11-5-2-1-3-6-11)12(9-10-17)19(13)14/h1-8H,9H2. The van der Waals surface area contributed by atoms with Crippen molar-refractivity contribution < 1.29 is 0 Å². The summed E-state index contributed by atoms with van der Waals surface area (Å²) in [4.78, 5) is 4.59. The monoisotopic (exact) mass is 267 g/mol. The second-order valence-corrected chi connectivity index (χ2v) is 4.54. The largest absolute Gasteiger partial charge is 0.285 e. The molecule has 0 spiro atoms. The number of fused-ring (bicyclic) bond motifs is 1. The quantitative estimate of drug-likeness (QED) is 0.664. The third kappa shape index (κ3) is 1.96. The van der Waals surface area contributed by atoms with E-state index in [4.69, 9.17) is 16.9 Å². The van der Waals surface area contributed by atoms with Gasteiger partial charge in [0, 0.05) is 5.56 Å². The van der Waals surface area contributed by atoms with Crippen molar-refractivity contribution in [1.29, 1.82) is 5.26 Å². The summed E-state index contributed by atoms with van der Waals surface area (Å²) in [6.45, 7) is 0. The molecule has 0 atom stereocenters. The number of nitrogens with zero attached hydrogens (tertiary/aromatic N) is 3. The molecule has 3 rings (SSSR count). The molecule has 0 aliphatic rings. The second kappa shape index (κ2) is 4.75. The van der Waals surface area contributed by atoms with Crippen molar-refractivity contribution in [2.75, 3.05) is 0 Å². The van der Waals surface area contributed by atoms with Crippen LogP contribution in [0.15, 0.2) is 48.5 Å². The van der Waals surface area contributed by atoms with Crippen molar-refractivity contribution in [3.8, 4) is 17.3 Å². The van der Waals surface area contributed by atoms with Gasteiger partial charge in [-0.25, -0.2) is 4.98 Å². The van der Waals surface area contributed by atoms with Crippen LogP contribution in [0.25, 0.3) is 16.9 Å². The van der Waals surface area contributed by atoms with Gasteiger partial charge >= 0.3 is 0 Å². The maximum absolute atomic E-state index is 9.03. The number of nitriles is 1. The lowest BCUT2D eigenvalue weighted by Crippen LogP contribution is -1.94. The van der Waals surface area contributed by atoms with Crippen LogP contribution in [0.1, 0.15) is 5.69 Å². The molecule has 0 amide bonds. The van der Waals surface area contributed by atoms with Gasteiger partial charge in [0.25, 0.3) is 0 Å². The van der Waals surface area contributed by atoms with Gasteiger partial charge in [0.2, 0.25) is 0 Å². The number of hydrogen-bond donors (Lipinski definition) is 0. The van der Waals surface area contributed by atoms with Gasteiger partial charge in [-0.05, 0) is 12.1 Å². The number of pyridine rings is 1. The van der Waals surface area contributed by atoms with E-state index in [1.165, 1.54) is 0 Å². The molecule has 0 N–H and O–H groups in total. The van der Waals surface area contributed by atoms with Gasteiger partial charge in [0.15, 0.2) is 0 Å². The van der Waals surface area contributed by atoms with Gasteiger partial charge in [-0.2, -0.15) is 5.26 Å². The van der Waals surface area contributed by atoms with Crippen molar-refractivity contribution in [2.24, 2.45) is 0 Å². The number of hydrogen-bond acceptors (Lipinski definition) is 2. The lowest BCUT2D eigenvalue weighted by molar-refractivity contribution is 1.06. The van der Waals surface area contributed by atoms with Gasteiger partial charge in [-0.3, -0.25) is 4.40 Å². The van der Waals surface area contributed by atoms with Crippen LogP contribution < -0.4 is 0 Å². The Hall–Kier alpha value is -2.31. The Morgan fingerprint density at radius 2 is 1.89 bits per heavy atom. The molecule has 0 fully saturated rings. The Bertz CT molecular complexity index is 769. The molecule has 0 unspecified atom stereocenters. The highest BCUT2D eigenvalue weighted by molar-refractivity contribution is 6.29. The van der Waals surface area contributed by atoms with E-state index in [1.54, 1.807) is 6.07 Å². The summed E-state index contributed by atoms with van der Waals surface area (Å²) >= 11 is 6.21. The van der Waals surface area contributed by atoms with Crippen LogP contribution in [0, 0.1) is 11.3 Å². The number of imidazole rings is 1. The molecule has 1 aromatic carbocycles. The Morgan fingerprint density at radius 1 is 1.11 bits per heavy atom. The van der Waals surface area contributed by atoms with E-state index in [9.17, 15) is 0 Å². The Kier molecular flexibility index (Phi) is 2.94. The van der Waals surface area contributed by atoms with E-state index in [0.29, 0.717) is 5.15 Å². The van der Waals surface area contributed by atoms with E-state index in [2.05, 4.69) is 11.1 Å². The smallest absolute Gasteiger partial charge is 0.138 e. The second-order valence-electron chi connectivity index (χ2n) is 4.15. The summed E-state index contributed by atoms with van der Waals surface area (Å²) in [5.41, 5.74) is 3.40. The molecule has 0 saturated carbocycles. The van der Waals surface area contributed by atoms with Crippen LogP contribution in [-0.2, 0) is 6.42 Å². The van der Waals surface area contributed by atoms with Crippen molar-refractivity contribution >= 4 is 17.2 Å². The van der Waals surface area contributed by atoms with Crippen LogP contribution in [0.2, 0.25) is 5.15 Å². The molecule has 0 radical (unpaired) electrons. The molecule has 92 valence electrons. The van der Waals surface area contributed by atoms with Gasteiger partial charge in [-0.15, -0.1) is 0 Å². The normalized spacial score (nSPS) is 10.5. The first-order valence-corrected chi connectivity index (χ1v) is 6.27. The lowest BCUT2D eigenvalue weighted by atomic mass is 10.1. The predicted octanol–water partition coefficient (Wildman–Crippen LogP) is 3.72. The Morgan fingerprint density at radius 3 is 2.63 bits per heavy atom. The van der Waals surface area contributed by atoms with E-state index < -0.39 is 0 Å². The molecule has 0 bridgehead atoms. The zero-order valence-corrected chi connectivity index (χ0v) is 10.8. The van der Waals surface area contributed by atoms with Gasteiger partial charge < -0.3 is 0 Å². The van der Waals surface area contributed by atoms with Crippen molar-refractivity contribution in [3.05, 3.63) is 59.4 Å². The molecule has 4 heteroatoms. The fraction of sp³-hybridized carbons (Fsp3) is 0.0667. The molecule has 3 aromatic rings. The SMILES string of the molecule is N#CCc1c(-c2ccccc2)nc2cccc(Cl)n12. The molecular weight excluding hydrogens is 258 g/mol. The molecule has 0 aliphatic carbocycles. The molecule has 0 saturated heterocycles. The van der Waals surface area contributed by atoms with E-state index in [0.717, 1.165) is 22.6 Å². The molecule has 2 aromatic heterocycles. The zero-order chi connectivity index (χ0) is 13.2. The minimum atomic E-state index is 0.273. The van der Waals surface area contributed by atoms with Gasteiger partial charge in [0.05, 0.1) is 23.9 Å². The van der Waals surface area contributed by atoms with Crippen LogP contribution >= 0.6 is 11.6 Å². The summed E-state index contributed by atoms with van der Waals surface area (Å²) in [5, 5.41) is 9.59. The number of aromatic nitrogens is 2. The van der Waals surface area contributed by atoms with E-state index in [-0.39, 0.29) is 6.42 Å². The Labute approximate surface area is 115 Å². The van der Waals surface area contributed by atoms with Crippen LogP contribution in [0.5, 0.6) is 0 Å². The van der Waals surface area contributed by atoms with Crippen molar-refractivity contribution in [3.63, 3.8) is 0 Å². The topological polar surface area (TPSA) is 41.1 Å². The first-order valence-electron chi connectivity index (χ1n) is 5.89. The van der Waals surface area contributed by atoms with Crippen LogP contribution in [0.3, 0.4) is 0 Å². The minimum absolute atomic E-state index is 0.273. The maximum Gasteiger partial charge on any atom is 0.138 e. The average molecular weight is 268 g/mol. The third-order valence-electron chi connectivity index (χ3n) is 2.99. The summed E-state index contributed by atoms with van der Waals surface area (Å²) < 4.78 is 1.83. The van der Waals surface area contributed by atoms with Crippen LogP contribution in [0.4, 0.5) is 0 Å². The first-order chi connectivity index (χ1) is 9.31. The molecule has 19 heavy (non-hydrogen) atoms. The highest BCUT2D eigenvalue weighted by atomic mass is 35.5. The summed E-state index contributed by atoms with van der Waals surface area (Å²) in [6.07, 6.45) is 0.273. The maximum atomic E-state index is 9.03. The molecule has 2 heterocycles. The summed E-state index contributed by atoms with van der Waals surface area (Å²) in [5.74, 6) is 0. The summed E-state index contributed by atoms with van der Waals surface area (Å²) in [6, 6.07) is 17.6. The minimum Gasteiger partial charge on any atom is -0.285 e. The average Bonchev–Trinajstić information content (AvgIpc) is 2.81. The van der Waals surface area contributed by atoms with Crippen molar-refractivity contribution in [2.45, 2.75) is 6.42 Å². The van der Waals surface area contributed by atoms with Gasteiger partial charge in [0.1, 0.15) is 10.8 Å².